The molecule has 1 N–H and O–H groups in total. The van der Waals surface area contributed by atoms with E-state index in [0.29, 0.717) is 18.8 Å². The van der Waals surface area contributed by atoms with Gasteiger partial charge in [0.15, 0.2) is 5.69 Å². The molecule has 0 aromatic carbocycles. The molecule has 2 aromatic rings. The van der Waals surface area contributed by atoms with Crippen LogP contribution in [0.15, 0.2) is 23.0 Å². The van der Waals surface area contributed by atoms with Crippen molar-refractivity contribution in [2.75, 3.05) is 26.7 Å². The molecular formula is C15H21N5O2. The number of carbonyl (C=O) groups excluding carboxylic acids is 1. The van der Waals surface area contributed by atoms with Crippen molar-refractivity contribution < 1.29 is 9.32 Å². The van der Waals surface area contributed by atoms with Crippen LogP contribution in [0.4, 0.5) is 0 Å². The Kier molecular flexibility index (Phi) is 3.98. The molecule has 0 spiro atoms. The fourth-order valence-corrected chi connectivity index (χ4v) is 2.64. The number of aromatic nitrogens is 3. The van der Waals surface area contributed by atoms with Crippen molar-refractivity contribution in [1.29, 1.82) is 0 Å². The number of hydrogen-bond donors (Lipinski definition) is 1. The van der Waals surface area contributed by atoms with Crippen molar-refractivity contribution in [3.05, 3.63) is 35.7 Å². The molecule has 1 aliphatic rings. The van der Waals surface area contributed by atoms with Crippen LogP contribution in [0, 0.1) is 0 Å². The fraction of sp³-hybridized carbons (Fsp3) is 0.533. The molecule has 0 bridgehead atoms. The van der Waals surface area contributed by atoms with E-state index in [1.165, 1.54) is 0 Å². The lowest BCUT2D eigenvalue weighted by Crippen LogP contribution is -2.49. The molecule has 22 heavy (non-hydrogen) atoms. The molecule has 3 rings (SSSR count). The zero-order valence-corrected chi connectivity index (χ0v) is 13.1. The third-order valence-electron chi connectivity index (χ3n) is 4.09. The van der Waals surface area contributed by atoms with Crippen LogP contribution in [-0.2, 0) is 0 Å². The summed E-state index contributed by atoms with van der Waals surface area (Å²) in [7, 11) is 2.04. The van der Waals surface area contributed by atoms with E-state index < -0.39 is 0 Å². The number of piperazine rings is 1. The number of carbonyl (C=O) groups is 1. The van der Waals surface area contributed by atoms with E-state index in [4.69, 9.17) is 4.52 Å². The van der Waals surface area contributed by atoms with Gasteiger partial charge in [0.2, 0.25) is 0 Å². The molecule has 0 radical (unpaired) electrons. The van der Waals surface area contributed by atoms with Gasteiger partial charge in [0, 0.05) is 44.0 Å². The summed E-state index contributed by atoms with van der Waals surface area (Å²) < 4.78 is 5.23. The SMILES string of the molecule is CC(C)c1cc(C(=O)N2CCN(C)[C@H](c3ncc[nH]3)C2)no1. The summed E-state index contributed by atoms with van der Waals surface area (Å²) in [5.74, 6) is 1.75. The summed E-state index contributed by atoms with van der Waals surface area (Å²) in [4.78, 5) is 24.1. The maximum atomic E-state index is 12.6. The van der Waals surface area contributed by atoms with E-state index in [0.717, 1.165) is 18.1 Å². The number of nitrogens with zero attached hydrogens (tertiary/aromatic N) is 4. The van der Waals surface area contributed by atoms with E-state index in [-0.39, 0.29) is 17.9 Å². The lowest BCUT2D eigenvalue weighted by atomic mass is 10.1. The van der Waals surface area contributed by atoms with Gasteiger partial charge in [0.1, 0.15) is 11.6 Å². The quantitative estimate of drug-likeness (QED) is 0.933. The van der Waals surface area contributed by atoms with E-state index in [9.17, 15) is 4.79 Å². The molecule has 3 heterocycles. The first-order valence-corrected chi connectivity index (χ1v) is 7.51. The number of H-pyrrole nitrogens is 1. The first kappa shape index (κ1) is 14.8. The molecule has 0 saturated carbocycles. The first-order chi connectivity index (χ1) is 10.6. The Labute approximate surface area is 129 Å². The van der Waals surface area contributed by atoms with Crippen LogP contribution in [0.1, 0.15) is 47.9 Å². The maximum Gasteiger partial charge on any atom is 0.276 e. The molecule has 7 heteroatoms. The summed E-state index contributed by atoms with van der Waals surface area (Å²) in [6.45, 7) is 6.09. The minimum absolute atomic E-state index is 0.0733. The molecular weight excluding hydrogens is 282 g/mol. The highest BCUT2D eigenvalue weighted by Crippen LogP contribution is 2.23. The fourth-order valence-electron chi connectivity index (χ4n) is 2.64. The highest BCUT2D eigenvalue weighted by Gasteiger charge is 2.31. The van der Waals surface area contributed by atoms with Gasteiger partial charge in [-0.25, -0.2) is 4.98 Å². The molecule has 7 nitrogen and oxygen atoms in total. The van der Waals surface area contributed by atoms with Crippen LogP contribution in [0.5, 0.6) is 0 Å². The molecule has 1 saturated heterocycles. The second-order valence-electron chi connectivity index (χ2n) is 5.99. The van der Waals surface area contributed by atoms with Crippen LogP contribution in [0.25, 0.3) is 0 Å². The average molecular weight is 303 g/mol. The predicted octanol–water partition coefficient (Wildman–Crippen LogP) is 1.65. The molecule has 0 unspecified atom stereocenters. The van der Waals surface area contributed by atoms with Crippen molar-refractivity contribution in [2.45, 2.75) is 25.8 Å². The van der Waals surface area contributed by atoms with E-state index in [1.54, 1.807) is 18.5 Å². The Bertz CT molecular complexity index is 634. The average Bonchev–Trinajstić information content (AvgIpc) is 3.18. The molecule has 2 aromatic heterocycles. The largest absolute Gasteiger partial charge is 0.360 e. The number of aromatic amines is 1. The van der Waals surface area contributed by atoms with Gasteiger partial charge in [-0.15, -0.1) is 0 Å². The van der Waals surface area contributed by atoms with Gasteiger partial charge in [0.05, 0.1) is 6.04 Å². The first-order valence-electron chi connectivity index (χ1n) is 7.51. The standard InChI is InChI=1S/C15H21N5O2/c1-10(2)13-8-11(18-22-13)15(21)20-7-6-19(3)12(9-20)14-16-4-5-17-14/h4-5,8,10,12H,6-7,9H2,1-3H3,(H,16,17)/t12-/m0/s1. The number of hydrogen-bond acceptors (Lipinski definition) is 5. The van der Waals surface area contributed by atoms with Crippen molar-refractivity contribution >= 4 is 5.91 Å². The molecule has 118 valence electrons. The summed E-state index contributed by atoms with van der Waals surface area (Å²) in [5.41, 5.74) is 0.381. The number of imidazole rings is 1. The van der Waals surface area contributed by atoms with Crippen LogP contribution in [-0.4, -0.2) is 57.5 Å². The third kappa shape index (κ3) is 2.76. The van der Waals surface area contributed by atoms with Crippen molar-refractivity contribution in [1.82, 2.24) is 24.9 Å². The van der Waals surface area contributed by atoms with Crippen molar-refractivity contribution in [3.63, 3.8) is 0 Å². The van der Waals surface area contributed by atoms with Gasteiger partial charge in [0.25, 0.3) is 5.91 Å². The van der Waals surface area contributed by atoms with Gasteiger partial charge < -0.3 is 14.4 Å². The third-order valence-corrected chi connectivity index (χ3v) is 4.09. The van der Waals surface area contributed by atoms with Gasteiger partial charge in [-0.2, -0.15) is 0 Å². The van der Waals surface area contributed by atoms with Gasteiger partial charge in [-0.05, 0) is 7.05 Å². The molecule has 1 fully saturated rings. The van der Waals surface area contributed by atoms with E-state index >= 15 is 0 Å². The Morgan fingerprint density at radius 1 is 1.45 bits per heavy atom. The van der Waals surface area contributed by atoms with E-state index in [2.05, 4.69) is 20.0 Å². The van der Waals surface area contributed by atoms with E-state index in [1.807, 2.05) is 25.8 Å². The zero-order chi connectivity index (χ0) is 15.7. The number of nitrogens with one attached hydrogen (secondary N) is 1. The second kappa shape index (κ2) is 5.92. The highest BCUT2D eigenvalue weighted by molar-refractivity contribution is 5.92. The maximum absolute atomic E-state index is 12.6. The zero-order valence-electron chi connectivity index (χ0n) is 13.1. The number of rotatable bonds is 3. The minimum atomic E-state index is -0.0830. The van der Waals surface area contributed by atoms with Crippen LogP contribution in [0.3, 0.4) is 0 Å². The monoisotopic (exact) mass is 303 g/mol. The summed E-state index contributed by atoms with van der Waals surface area (Å²) >= 11 is 0. The Hall–Kier alpha value is -2.15. The topological polar surface area (TPSA) is 78.3 Å². The summed E-state index contributed by atoms with van der Waals surface area (Å²) in [6, 6.07) is 1.82. The normalized spacial score (nSPS) is 19.8. The minimum Gasteiger partial charge on any atom is -0.360 e. The van der Waals surface area contributed by atoms with Crippen LogP contribution < -0.4 is 0 Å². The number of likely N-dealkylation sites (N-methyl/N-ethyl adjacent to an activating group) is 1. The lowest BCUT2D eigenvalue weighted by Gasteiger charge is -2.38. The summed E-state index contributed by atoms with van der Waals surface area (Å²) in [6.07, 6.45) is 3.53. The van der Waals surface area contributed by atoms with Gasteiger partial charge in [-0.1, -0.05) is 19.0 Å². The second-order valence-corrected chi connectivity index (χ2v) is 5.99. The van der Waals surface area contributed by atoms with Gasteiger partial charge in [-0.3, -0.25) is 9.69 Å². The van der Waals surface area contributed by atoms with Crippen molar-refractivity contribution in [2.24, 2.45) is 0 Å². The summed E-state index contributed by atoms with van der Waals surface area (Å²) in [5, 5.41) is 3.92. The Morgan fingerprint density at radius 2 is 2.27 bits per heavy atom. The molecule has 1 aliphatic heterocycles. The molecule has 1 amide bonds. The van der Waals surface area contributed by atoms with Crippen LogP contribution in [0.2, 0.25) is 0 Å². The molecule has 1 atom stereocenters. The van der Waals surface area contributed by atoms with Crippen LogP contribution >= 0.6 is 0 Å². The smallest absolute Gasteiger partial charge is 0.276 e. The Balaban J connectivity index is 1.75. The molecule has 0 aliphatic carbocycles. The van der Waals surface area contributed by atoms with Crippen molar-refractivity contribution in [3.8, 4) is 0 Å². The Morgan fingerprint density at radius 3 is 2.91 bits per heavy atom. The highest BCUT2D eigenvalue weighted by atomic mass is 16.5. The predicted molar refractivity (Wildman–Crippen MR) is 80.5 cm³/mol. The lowest BCUT2D eigenvalue weighted by molar-refractivity contribution is 0.0525. The van der Waals surface area contributed by atoms with Gasteiger partial charge >= 0.3 is 0 Å². The number of amides is 1.